The van der Waals surface area contributed by atoms with Crippen LogP contribution in [0.4, 0.5) is 0 Å². The zero-order chi connectivity index (χ0) is 14.0. The first-order valence-electron chi connectivity index (χ1n) is 6.53. The normalized spacial score (nSPS) is 23.5. The van der Waals surface area contributed by atoms with Crippen molar-refractivity contribution in [3.05, 3.63) is 33.3 Å². The Morgan fingerprint density at radius 2 is 2.26 bits per heavy atom. The van der Waals surface area contributed by atoms with Crippen LogP contribution in [0, 0.1) is 0 Å². The summed E-state index contributed by atoms with van der Waals surface area (Å²) in [6.45, 7) is 2.58. The number of rotatable bonds is 2. The molecule has 1 aromatic carbocycles. The van der Waals surface area contributed by atoms with E-state index in [4.69, 9.17) is 17.3 Å². The molecule has 2 N–H and O–H groups in total. The molecule has 104 valence electrons. The molecule has 1 amide bonds. The highest BCUT2D eigenvalue weighted by Gasteiger charge is 2.32. The number of hydrogen-bond acceptors (Lipinski definition) is 2. The maximum absolute atomic E-state index is 12.7. The molecule has 2 atom stereocenters. The van der Waals surface area contributed by atoms with E-state index in [9.17, 15) is 4.79 Å². The van der Waals surface area contributed by atoms with Gasteiger partial charge < -0.3 is 10.6 Å². The third-order valence-electron chi connectivity index (χ3n) is 3.72. The van der Waals surface area contributed by atoms with Crippen LogP contribution in [-0.2, 0) is 0 Å². The number of amides is 1. The van der Waals surface area contributed by atoms with Crippen molar-refractivity contribution in [1.29, 1.82) is 0 Å². The summed E-state index contributed by atoms with van der Waals surface area (Å²) in [6.07, 6.45) is 3.12. The fourth-order valence-corrected chi connectivity index (χ4v) is 3.27. The predicted molar refractivity (Wildman–Crippen MR) is 81.5 cm³/mol. The van der Waals surface area contributed by atoms with E-state index in [1.807, 2.05) is 17.0 Å². The fraction of sp³-hybridized carbons (Fsp3) is 0.500. The van der Waals surface area contributed by atoms with Gasteiger partial charge in [0.2, 0.25) is 0 Å². The van der Waals surface area contributed by atoms with Crippen LogP contribution in [0.2, 0.25) is 5.02 Å². The van der Waals surface area contributed by atoms with Gasteiger partial charge in [-0.05, 0) is 54.2 Å². The van der Waals surface area contributed by atoms with Crippen molar-refractivity contribution >= 4 is 33.4 Å². The van der Waals surface area contributed by atoms with Gasteiger partial charge in [0.15, 0.2) is 0 Å². The fourth-order valence-electron chi connectivity index (χ4n) is 2.69. The maximum Gasteiger partial charge on any atom is 0.255 e. The van der Waals surface area contributed by atoms with E-state index >= 15 is 0 Å². The van der Waals surface area contributed by atoms with Crippen molar-refractivity contribution in [3.63, 3.8) is 0 Å². The van der Waals surface area contributed by atoms with Crippen LogP contribution in [0.25, 0.3) is 0 Å². The first-order chi connectivity index (χ1) is 9.06. The van der Waals surface area contributed by atoms with Crippen molar-refractivity contribution in [1.82, 2.24) is 4.90 Å². The van der Waals surface area contributed by atoms with Crippen molar-refractivity contribution in [2.75, 3.05) is 6.54 Å². The van der Waals surface area contributed by atoms with Crippen LogP contribution in [0.5, 0.6) is 0 Å². The zero-order valence-corrected chi connectivity index (χ0v) is 13.2. The zero-order valence-electron chi connectivity index (χ0n) is 10.9. The average molecular weight is 346 g/mol. The molecule has 3 nitrogen and oxygen atoms in total. The van der Waals surface area contributed by atoms with Crippen LogP contribution < -0.4 is 5.73 Å². The predicted octanol–water partition coefficient (Wildman–Crippen LogP) is 3.44. The second kappa shape index (κ2) is 6.25. The van der Waals surface area contributed by atoms with E-state index in [0.717, 1.165) is 23.7 Å². The summed E-state index contributed by atoms with van der Waals surface area (Å²) in [7, 11) is 0. The molecule has 1 aliphatic heterocycles. The van der Waals surface area contributed by atoms with E-state index in [-0.39, 0.29) is 18.0 Å². The lowest BCUT2D eigenvalue weighted by Gasteiger charge is -2.40. The summed E-state index contributed by atoms with van der Waals surface area (Å²) in [5, 5.41) is 0.473. The van der Waals surface area contributed by atoms with E-state index in [1.165, 1.54) is 0 Å². The Morgan fingerprint density at radius 3 is 2.95 bits per heavy atom. The van der Waals surface area contributed by atoms with Gasteiger partial charge in [-0.15, -0.1) is 0 Å². The van der Waals surface area contributed by atoms with Gasteiger partial charge in [-0.1, -0.05) is 17.7 Å². The van der Waals surface area contributed by atoms with Gasteiger partial charge in [0.25, 0.3) is 5.91 Å². The quantitative estimate of drug-likeness (QED) is 0.892. The van der Waals surface area contributed by atoms with Gasteiger partial charge >= 0.3 is 0 Å². The molecule has 0 radical (unpaired) electrons. The minimum absolute atomic E-state index is 0.0195. The number of hydrogen-bond donors (Lipinski definition) is 1. The number of carbonyl (C=O) groups excluding carboxylic acids is 1. The topological polar surface area (TPSA) is 46.3 Å². The molecular formula is C14H18BrClN2O. The van der Waals surface area contributed by atoms with E-state index in [2.05, 4.69) is 22.9 Å². The lowest BCUT2D eigenvalue weighted by atomic mass is 9.95. The summed E-state index contributed by atoms with van der Waals surface area (Å²) in [5.41, 5.74) is 6.35. The Bertz CT molecular complexity index is 481. The number of benzene rings is 1. The molecule has 19 heavy (non-hydrogen) atoms. The van der Waals surface area contributed by atoms with Crippen LogP contribution in [-0.4, -0.2) is 29.4 Å². The summed E-state index contributed by atoms with van der Waals surface area (Å²) >= 11 is 9.58. The van der Waals surface area contributed by atoms with Gasteiger partial charge in [0.05, 0.1) is 10.6 Å². The second-order valence-electron chi connectivity index (χ2n) is 4.98. The smallest absolute Gasteiger partial charge is 0.255 e. The van der Waals surface area contributed by atoms with Crippen LogP contribution in [0.3, 0.4) is 0 Å². The van der Waals surface area contributed by atoms with E-state index in [1.54, 1.807) is 6.07 Å². The molecule has 1 fully saturated rings. The van der Waals surface area contributed by atoms with E-state index in [0.29, 0.717) is 17.1 Å². The average Bonchev–Trinajstić information content (AvgIpc) is 2.40. The highest BCUT2D eigenvalue weighted by Crippen LogP contribution is 2.30. The Kier molecular flexibility index (Phi) is 4.87. The first kappa shape index (κ1) is 14.8. The SMILES string of the molecule is CC1CCCC(CN)N1C(=O)c1cccc(Br)c1Cl. The molecule has 1 heterocycles. The second-order valence-corrected chi connectivity index (χ2v) is 6.22. The monoisotopic (exact) mass is 344 g/mol. The van der Waals surface area contributed by atoms with Crippen molar-refractivity contribution < 1.29 is 4.79 Å². The Balaban J connectivity index is 2.33. The van der Waals surface area contributed by atoms with E-state index < -0.39 is 0 Å². The Hall–Kier alpha value is -0.580. The number of piperidine rings is 1. The molecule has 2 unspecified atom stereocenters. The third kappa shape index (κ3) is 2.96. The molecule has 2 rings (SSSR count). The summed E-state index contributed by atoms with van der Waals surface area (Å²) in [5.74, 6) is -0.0195. The molecule has 0 aliphatic carbocycles. The highest BCUT2D eigenvalue weighted by atomic mass is 79.9. The Morgan fingerprint density at radius 1 is 1.53 bits per heavy atom. The van der Waals surface area contributed by atoms with Gasteiger partial charge in [-0.25, -0.2) is 0 Å². The number of likely N-dealkylation sites (tertiary alicyclic amines) is 1. The van der Waals surface area contributed by atoms with Gasteiger partial charge in [-0.2, -0.15) is 0 Å². The number of halogens is 2. The molecule has 0 aromatic heterocycles. The molecular weight excluding hydrogens is 328 g/mol. The van der Waals surface area contributed by atoms with Crippen LogP contribution in [0.1, 0.15) is 36.5 Å². The molecule has 0 saturated carbocycles. The molecule has 1 aliphatic rings. The largest absolute Gasteiger partial charge is 0.332 e. The molecule has 0 bridgehead atoms. The lowest BCUT2D eigenvalue weighted by Crippen LogP contribution is -2.51. The highest BCUT2D eigenvalue weighted by molar-refractivity contribution is 9.10. The van der Waals surface area contributed by atoms with Crippen LogP contribution >= 0.6 is 27.5 Å². The minimum atomic E-state index is -0.0195. The van der Waals surface area contributed by atoms with Gasteiger partial charge in [0, 0.05) is 23.1 Å². The number of nitrogens with two attached hydrogens (primary N) is 1. The summed E-state index contributed by atoms with van der Waals surface area (Å²) in [4.78, 5) is 14.6. The van der Waals surface area contributed by atoms with Crippen molar-refractivity contribution in [3.8, 4) is 0 Å². The maximum atomic E-state index is 12.7. The lowest BCUT2D eigenvalue weighted by molar-refractivity contribution is 0.0494. The molecule has 5 heteroatoms. The van der Waals surface area contributed by atoms with Crippen molar-refractivity contribution in [2.24, 2.45) is 5.73 Å². The standard InChI is InChI=1S/C14H18BrClN2O/c1-9-4-2-5-10(8-17)18(9)14(19)11-6-3-7-12(15)13(11)16/h3,6-7,9-10H,2,4-5,8,17H2,1H3. The summed E-state index contributed by atoms with van der Waals surface area (Å²) in [6, 6.07) is 5.76. The third-order valence-corrected chi connectivity index (χ3v) is 5.01. The number of nitrogens with zero attached hydrogens (tertiary/aromatic N) is 1. The van der Waals surface area contributed by atoms with Crippen molar-refractivity contribution in [2.45, 2.75) is 38.3 Å². The molecule has 1 saturated heterocycles. The summed E-state index contributed by atoms with van der Waals surface area (Å²) < 4.78 is 0.744. The molecule has 1 aromatic rings. The first-order valence-corrected chi connectivity index (χ1v) is 7.70. The van der Waals surface area contributed by atoms with Crippen LogP contribution in [0.15, 0.2) is 22.7 Å². The van der Waals surface area contributed by atoms with Gasteiger partial charge in [-0.3, -0.25) is 4.79 Å². The van der Waals surface area contributed by atoms with Gasteiger partial charge in [0.1, 0.15) is 0 Å². The minimum Gasteiger partial charge on any atom is -0.332 e. The molecule has 0 spiro atoms. The Labute approximate surface area is 127 Å². The number of carbonyl (C=O) groups is 1.